The van der Waals surface area contributed by atoms with E-state index in [-0.39, 0.29) is 6.10 Å². The Labute approximate surface area is 122 Å². The van der Waals surface area contributed by atoms with Gasteiger partial charge in [0.2, 0.25) is 0 Å². The third-order valence-electron chi connectivity index (χ3n) is 3.88. The van der Waals surface area contributed by atoms with Gasteiger partial charge in [-0.3, -0.25) is 0 Å². The first-order valence-corrected chi connectivity index (χ1v) is 7.65. The van der Waals surface area contributed by atoms with Crippen molar-refractivity contribution in [2.45, 2.75) is 45.8 Å². The van der Waals surface area contributed by atoms with Crippen LogP contribution in [0.3, 0.4) is 0 Å². The molecule has 0 spiro atoms. The summed E-state index contributed by atoms with van der Waals surface area (Å²) in [7, 11) is 0. The summed E-state index contributed by atoms with van der Waals surface area (Å²) in [5.74, 6) is 0. The summed E-state index contributed by atoms with van der Waals surface area (Å²) in [5, 5.41) is 10.4. The summed E-state index contributed by atoms with van der Waals surface area (Å²) in [5.41, 5.74) is 3.48. The summed E-state index contributed by atoms with van der Waals surface area (Å²) >= 11 is 0. The number of aryl methyl sites for hydroxylation is 2. The second-order valence-corrected chi connectivity index (χ2v) is 6.06. The van der Waals surface area contributed by atoms with Crippen LogP contribution < -0.4 is 0 Å². The second kappa shape index (κ2) is 7.21. The highest BCUT2D eigenvalue weighted by Crippen LogP contribution is 2.20. The fraction of sp³-hybridized carbons (Fsp3) is 0.647. The molecular formula is C17H27NO2. The number of rotatable bonds is 4. The average Bonchev–Trinajstić information content (AvgIpc) is 2.59. The number of nitrogens with zero attached hydrogens (tertiary/aromatic N) is 1. The van der Waals surface area contributed by atoms with Crippen molar-refractivity contribution >= 4 is 0 Å². The first kappa shape index (κ1) is 15.5. The smallest absolute Gasteiger partial charge is 0.0802 e. The Morgan fingerprint density at radius 2 is 2.00 bits per heavy atom. The Kier molecular flexibility index (Phi) is 5.58. The molecule has 1 saturated heterocycles. The lowest BCUT2D eigenvalue weighted by Gasteiger charge is -2.23. The van der Waals surface area contributed by atoms with Crippen molar-refractivity contribution in [3.8, 4) is 0 Å². The molecular weight excluding hydrogens is 250 g/mol. The van der Waals surface area contributed by atoms with Gasteiger partial charge in [-0.25, -0.2) is 0 Å². The zero-order valence-corrected chi connectivity index (χ0v) is 12.9. The van der Waals surface area contributed by atoms with Crippen molar-refractivity contribution in [3.63, 3.8) is 0 Å². The molecule has 1 fully saturated rings. The number of hydrogen-bond donors (Lipinski definition) is 1. The maximum absolute atomic E-state index is 10.4. The van der Waals surface area contributed by atoms with Gasteiger partial charge in [0.1, 0.15) is 0 Å². The van der Waals surface area contributed by atoms with Gasteiger partial charge in [-0.05, 0) is 39.2 Å². The monoisotopic (exact) mass is 277 g/mol. The van der Waals surface area contributed by atoms with E-state index in [0.29, 0.717) is 6.10 Å². The molecule has 2 rings (SSSR count). The standard InChI is InChI=1S/C17H27NO2/c1-13-9-14(2)11-16(10-13)17(19)5-7-18-6-4-8-20-15(3)12-18/h9-11,15,17,19H,4-8,12H2,1-3H3. The Balaban J connectivity index is 1.89. The van der Waals surface area contributed by atoms with Crippen LogP contribution in [0.1, 0.15) is 42.6 Å². The van der Waals surface area contributed by atoms with Crippen LogP contribution in [0.2, 0.25) is 0 Å². The Morgan fingerprint density at radius 3 is 2.70 bits per heavy atom. The van der Waals surface area contributed by atoms with Crippen molar-refractivity contribution in [2.24, 2.45) is 0 Å². The minimum atomic E-state index is -0.368. The minimum Gasteiger partial charge on any atom is -0.388 e. The van der Waals surface area contributed by atoms with Crippen molar-refractivity contribution in [3.05, 3.63) is 34.9 Å². The number of hydrogen-bond acceptors (Lipinski definition) is 3. The highest BCUT2D eigenvalue weighted by molar-refractivity contribution is 5.29. The molecule has 2 unspecified atom stereocenters. The highest BCUT2D eigenvalue weighted by atomic mass is 16.5. The number of ether oxygens (including phenoxy) is 1. The summed E-state index contributed by atoms with van der Waals surface area (Å²) in [4.78, 5) is 2.41. The molecule has 112 valence electrons. The van der Waals surface area contributed by atoms with Crippen molar-refractivity contribution < 1.29 is 9.84 Å². The van der Waals surface area contributed by atoms with Gasteiger partial charge in [-0.15, -0.1) is 0 Å². The summed E-state index contributed by atoms with van der Waals surface area (Å²) in [6, 6.07) is 6.32. The van der Waals surface area contributed by atoms with Gasteiger partial charge in [-0.1, -0.05) is 29.3 Å². The minimum absolute atomic E-state index is 0.302. The van der Waals surface area contributed by atoms with Crippen LogP contribution in [0.4, 0.5) is 0 Å². The van der Waals surface area contributed by atoms with Gasteiger partial charge >= 0.3 is 0 Å². The van der Waals surface area contributed by atoms with Gasteiger partial charge in [0.15, 0.2) is 0 Å². The fourth-order valence-corrected chi connectivity index (χ4v) is 2.96. The topological polar surface area (TPSA) is 32.7 Å². The van der Waals surface area contributed by atoms with E-state index in [1.807, 2.05) is 0 Å². The van der Waals surface area contributed by atoms with Crippen LogP contribution in [0.15, 0.2) is 18.2 Å². The lowest BCUT2D eigenvalue weighted by Crippen LogP contribution is -2.31. The van der Waals surface area contributed by atoms with E-state index < -0.39 is 0 Å². The van der Waals surface area contributed by atoms with Crippen LogP contribution in [0, 0.1) is 13.8 Å². The zero-order chi connectivity index (χ0) is 14.5. The normalized spacial score (nSPS) is 22.5. The van der Waals surface area contributed by atoms with E-state index in [0.717, 1.165) is 44.6 Å². The molecule has 0 amide bonds. The van der Waals surface area contributed by atoms with Gasteiger partial charge in [0.25, 0.3) is 0 Å². The predicted molar refractivity (Wildman–Crippen MR) is 82.0 cm³/mol. The molecule has 0 radical (unpaired) electrons. The molecule has 1 aliphatic rings. The van der Waals surface area contributed by atoms with Crippen LogP contribution in [-0.2, 0) is 4.74 Å². The van der Waals surface area contributed by atoms with Crippen LogP contribution >= 0.6 is 0 Å². The van der Waals surface area contributed by atoms with Crippen LogP contribution in [0.5, 0.6) is 0 Å². The van der Waals surface area contributed by atoms with Crippen LogP contribution in [0.25, 0.3) is 0 Å². The van der Waals surface area contributed by atoms with E-state index in [1.54, 1.807) is 0 Å². The predicted octanol–water partition coefficient (Wildman–Crippen LogP) is 2.84. The molecule has 0 aliphatic carbocycles. The summed E-state index contributed by atoms with van der Waals surface area (Å²) < 4.78 is 5.65. The third-order valence-corrected chi connectivity index (χ3v) is 3.88. The molecule has 1 N–H and O–H groups in total. The summed E-state index contributed by atoms with van der Waals surface area (Å²) in [6.45, 7) is 10.1. The van der Waals surface area contributed by atoms with Crippen molar-refractivity contribution in [2.75, 3.05) is 26.2 Å². The molecule has 1 heterocycles. The zero-order valence-electron chi connectivity index (χ0n) is 12.9. The van der Waals surface area contributed by atoms with Gasteiger partial charge in [0, 0.05) is 26.2 Å². The molecule has 1 aliphatic heterocycles. The molecule has 2 atom stereocenters. The largest absolute Gasteiger partial charge is 0.388 e. The fourth-order valence-electron chi connectivity index (χ4n) is 2.96. The molecule has 20 heavy (non-hydrogen) atoms. The highest BCUT2D eigenvalue weighted by Gasteiger charge is 2.16. The Bertz CT molecular complexity index is 413. The van der Waals surface area contributed by atoms with E-state index >= 15 is 0 Å². The average molecular weight is 277 g/mol. The quantitative estimate of drug-likeness (QED) is 0.918. The van der Waals surface area contributed by atoms with Gasteiger partial charge < -0.3 is 14.7 Å². The first-order valence-electron chi connectivity index (χ1n) is 7.65. The number of aliphatic hydroxyl groups excluding tert-OH is 1. The van der Waals surface area contributed by atoms with E-state index in [4.69, 9.17) is 4.74 Å². The van der Waals surface area contributed by atoms with E-state index in [1.165, 1.54) is 11.1 Å². The van der Waals surface area contributed by atoms with E-state index in [9.17, 15) is 5.11 Å². The van der Waals surface area contributed by atoms with Crippen molar-refractivity contribution in [1.82, 2.24) is 4.90 Å². The lowest BCUT2D eigenvalue weighted by atomic mass is 10.0. The molecule has 0 aromatic heterocycles. The lowest BCUT2D eigenvalue weighted by molar-refractivity contribution is 0.0644. The maximum Gasteiger partial charge on any atom is 0.0802 e. The molecule has 0 bridgehead atoms. The number of benzene rings is 1. The summed E-state index contributed by atoms with van der Waals surface area (Å²) in [6.07, 6.45) is 1.81. The van der Waals surface area contributed by atoms with Gasteiger partial charge in [0.05, 0.1) is 12.2 Å². The second-order valence-electron chi connectivity index (χ2n) is 6.06. The van der Waals surface area contributed by atoms with Crippen molar-refractivity contribution in [1.29, 1.82) is 0 Å². The number of aliphatic hydroxyl groups is 1. The third kappa shape index (κ3) is 4.58. The molecule has 1 aromatic carbocycles. The maximum atomic E-state index is 10.4. The molecule has 3 nitrogen and oxygen atoms in total. The molecule has 1 aromatic rings. The van der Waals surface area contributed by atoms with E-state index in [2.05, 4.69) is 43.9 Å². The van der Waals surface area contributed by atoms with Gasteiger partial charge in [-0.2, -0.15) is 0 Å². The SMILES string of the molecule is Cc1cc(C)cc(C(O)CCN2CCCOC(C)C2)c1. The molecule has 3 heteroatoms. The first-order chi connectivity index (χ1) is 9.54. The van der Waals surface area contributed by atoms with Crippen LogP contribution in [-0.4, -0.2) is 42.4 Å². The molecule has 0 saturated carbocycles. The Morgan fingerprint density at radius 1 is 1.30 bits per heavy atom. The Hall–Kier alpha value is -0.900.